The van der Waals surface area contributed by atoms with Gasteiger partial charge in [-0.2, -0.15) is 0 Å². The van der Waals surface area contributed by atoms with Gasteiger partial charge in [0.25, 0.3) is 5.91 Å². The number of amides is 1. The molecule has 1 fully saturated rings. The van der Waals surface area contributed by atoms with E-state index in [0.29, 0.717) is 5.92 Å². The number of hydrogen-bond donors (Lipinski definition) is 0. The van der Waals surface area contributed by atoms with Crippen LogP contribution >= 0.6 is 0 Å². The largest absolute Gasteiger partial charge is 0.339 e. The lowest BCUT2D eigenvalue weighted by Gasteiger charge is -2.32. The predicted molar refractivity (Wildman–Crippen MR) is 99.5 cm³/mol. The summed E-state index contributed by atoms with van der Waals surface area (Å²) < 4.78 is 1.97. The summed E-state index contributed by atoms with van der Waals surface area (Å²) in [6, 6.07) is 16.5. The van der Waals surface area contributed by atoms with Crippen LogP contribution in [0.3, 0.4) is 0 Å². The number of aromatic nitrogens is 2. The molecule has 0 bridgehead atoms. The molecule has 128 valence electrons. The van der Waals surface area contributed by atoms with Gasteiger partial charge in [0.05, 0.1) is 17.4 Å². The smallest absolute Gasteiger partial charge is 0.253 e. The molecule has 3 aromatic rings. The summed E-state index contributed by atoms with van der Waals surface area (Å²) in [6.45, 7) is 1.69. The van der Waals surface area contributed by atoms with Gasteiger partial charge in [0, 0.05) is 25.7 Å². The fourth-order valence-corrected chi connectivity index (χ4v) is 3.74. The number of benzene rings is 2. The van der Waals surface area contributed by atoms with Gasteiger partial charge in [-0.15, -0.1) is 0 Å². The van der Waals surface area contributed by atoms with Gasteiger partial charge < -0.3 is 9.47 Å². The molecule has 1 aromatic heterocycles. The van der Waals surface area contributed by atoms with Crippen molar-refractivity contribution in [2.75, 3.05) is 13.1 Å². The number of fused-ring (bicyclic) bond motifs is 1. The molecule has 1 aliphatic rings. The third kappa shape index (κ3) is 3.29. The average molecular weight is 333 g/mol. The third-order valence-electron chi connectivity index (χ3n) is 5.24. The van der Waals surface area contributed by atoms with E-state index in [1.807, 2.05) is 34.7 Å². The van der Waals surface area contributed by atoms with Crippen molar-refractivity contribution < 1.29 is 4.79 Å². The van der Waals surface area contributed by atoms with Crippen molar-refractivity contribution in [2.45, 2.75) is 19.3 Å². The SMILES string of the molecule is Cn1cnc2cc(C(=O)N3CCC(Cc4ccccc4)CC3)ccc21. The first kappa shape index (κ1) is 15.9. The van der Waals surface area contributed by atoms with Crippen LogP contribution in [0.2, 0.25) is 0 Å². The molecule has 0 N–H and O–H groups in total. The summed E-state index contributed by atoms with van der Waals surface area (Å²) in [7, 11) is 1.97. The first-order chi connectivity index (χ1) is 12.2. The van der Waals surface area contributed by atoms with Gasteiger partial charge in [0.1, 0.15) is 0 Å². The minimum absolute atomic E-state index is 0.130. The summed E-state index contributed by atoms with van der Waals surface area (Å²) in [4.78, 5) is 19.2. The van der Waals surface area contributed by atoms with Crippen LogP contribution < -0.4 is 0 Å². The highest BCUT2D eigenvalue weighted by Crippen LogP contribution is 2.23. The maximum atomic E-state index is 12.8. The molecule has 4 heteroatoms. The molecular formula is C21H23N3O. The Bertz CT molecular complexity index is 877. The summed E-state index contributed by atoms with van der Waals surface area (Å²) in [6.07, 6.45) is 5.05. The van der Waals surface area contributed by atoms with Crippen LogP contribution in [0.1, 0.15) is 28.8 Å². The van der Waals surface area contributed by atoms with Crippen LogP contribution in [0.4, 0.5) is 0 Å². The second kappa shape index (κ2) is 6.71. The monoisotopic (exact) mass is 333 g/mol. The number of carbonyl (C=O) groups excluding carboxylic acids is 1. The van der Waals surface area contributed by atoms with Crippen LogP contribution in [0.5, 0.6) is 0 Å². The van der Waals surface area contributed by atoms with Crippen molar-refractivity contribution >= 4 is 16.9 Å². The molecular weight excluding hydrogens is 310 g/mol. The summed E-state index contributed by atoms with van der Waals surface area (Å²) in [5, 5.41) is 0. The molecule has 1 aliphatic heterocycles. The molecule has 2 heterocycles. The first-order valence-corrected chi connectivity index (χ1v) is 8.95. The average Bonchev–Trinajstić information content (AvgIpc) is 3.03. The Hall–Kier alpha value is -2.62. The topological polar surface area (TPSA) is 38.1 Å². The van der Waals surface area contributed by atoms with E-state index in [-0.39, 0.29) is 5.91 Å². The number of aryl methyl sites for hydroxylation is 1. The number of hydrogen-bond acceptors (Lipinski definition) is 2. The molecule has 25 heavy (non-hydrogen) atoms. The number of likely N-dealkylation sites (tertiary alicyclic amines) is 1. The molecule has 4 nitrogen and oxygen atoms in total. The van der Waals surface area contributed by atoms with Gasteiger partial charge in [0.15, 0.2) is 0 Å². The second-order valence-corrected chi connectivity index (χ2v) is 6.98. The van der Waals surface area contributed by atoms with Gasteiger partial charge in [-0.25, -0.2) is 4.98 Å². The van der Waals surface area contributed by atoms with Crippen molar-refractivity contribution in [3.8, 4) is 0 Å². The Morgan fingerprint density at radius 3 is 2.64 bits per heavy atom. The van der Waals surface area contributed by atoms with Gasteiger partial charge in [-0.05, 0) is 48.9 Å². The quantitative estimate of drug-likeness (QED) is 0.733. The third-order valence-corrected chi connectivity index (χ3v) is 5.24. The zero-order chi connectivity index (χ0) is 17.2. The zero-order valence-electron chi connectivity index (χ0n) is 14.6. The van der Waals surface area contributed by atoms with E-state index in [0.717, 1.165) is 48.9 Å². The van der Waals surface area contributed by atoms with E-state index in [1.165, 1.54) is 5.56 Å². The Labute approximate surface area is 148 Å². The fourth-order valence-electron chi connectivity index (χ4n) is 3.74. The van der Waals surface area contributed by atoms with Crippen molar-refractivity contribution in [1.29, 1.82) is 0 Å². The number of piperidine rings is 1. The Morgan fingerprint density at radius 1 is 1.12 bits per heavy atom. The van der Waals surface area contributed by atoms with Crippen LogP contribution in [0.15, 0.2) is 54.9 Å². The molecule has 0 saturated carbocycles. The fraction of sp³-hybridized carbons (Fsp3) is 0.333. The lowest BCUT2D eigenvalue weighted by atomic mass is 9.90. The maximum Gasteiger partial charge on any atom is 0.253 e. The van der Waals surface area contributed by atoms with E-state index in [1.54, 1.807) is 6.33 Å². The number of imidazole rings is 1. The lowest BCUT2D eigenvalue weighted by molar-refractivity contribution is 0.0690. The first-order valence-electron chi connectivity index (χ1n) is 8.95. The van der Waals surface area contributed by atoms with Gasteiger partial charge in [0.2, 0.25) is 0 Å². The highest BCUT2D eigenvalue weighted by molar-refractivity contribution is 5.97. The van der Waals surface area contributed by atoms with Gasteiger partial charge in [-0.3, -0.25) is 4.79 Å². The van der Waals surface area contributed by atoms with Crippen molar-refractivity contribution in [2.24, 2.45) is 13.0 Å². The van der Waals surface area contributed by atoms with Crippen LogP contribution in [0.25, 0.3) is 11.0 Å². The van der Waals surface area contributed by atoms with E-state index < -0.39 is 0 Å². The number of nitrogens with zero attached hydrogens (tertiary/aromatic N) is 3. The highest BCUT2D eigenvalue weighted by atomic mass is 16.2. The lowest BCUT2D eigenvalue weighted by Crippen LogP contribution is -2.38. The van der Waals surface area contributed by atoms with Crippen molar-refractivity contribution in [3.05, 3.63) is 66.0 Å². The summed E-state index contributed by atoms with van der Waals surface area (Å²) >= 11 is 0. The minimum atomic E-state index is 0.130. The normalized spacial score (nSPS) is 15.6. The molecule has 2 aromatic carbocycles. The number of rotatable bonds is 3. The molecule has 1 saturated heterocycles. The molecule has 0 atom stereocenters. The minimum Gasteiger partial charge on any atom is -0.339 e. The van der Waals surface area contributed by atoms with E-state index in [4.69, 9.17) is 0 Å². The summed E-state index contributed by atoms with van der Waals surface area (Å²) in [5.41, 5.74) is 4.08. The van der Waals surface area contributed by atoms with E-state index in [2.05, 4.69) is 35.3 Å². The molecule has 0 aliphatic carbocycles. The Kier molecular flexibility index (Phi) is 4.26. The van der Waals surface area contributed by atoms with Gasteiger partial charge in [-0.1, -0.05) is 30.3 Å². The van der Waals surface area contributed by atoms with Crippen LogP contribution in [-0.2, 0) is 13.5 Å². The standard InChI is InChI=1S/C21H23N3O/c1-23-15-22-19-14-18(7-8-20(19)23)21(25)24-11-9-17(10-12-24)13-16-5-3-2-4-6-16/h2-8,14-15,17H,9-13H2,1H3. The van der Waals surface area contributed by atoms with Crippen LogP contribution in [-0.4, -0.2) is 33.4 Å². The molecule has 4 rings (SSSR count). The maximum absolute atomic E-state index is 12.8. The molecule has 0 spiro atoms. The summed E-state index contributed by atoms with van der Waals surface area (Å²) in [5.74, 6) is 0.801. The van der Waals surface area contributed by atoms with Crippen molar-refractivity contribution in [3.63, 3.8) is 0 Å². The zero-order valence-corrected chi connectivity index (χ0v) is 14.6. The van der Waals surface area contributed by atoms with Crippen LogP contribution in [0, 0.1) is 5.92 Å². The van der Waals surface area contributed by atoms with E-state index in [9.17, 15) is 4.79 Å². The second-order valence-electron chi connectivity index (χ2n) is 6.98. The predicted octanol–water partition coefficient (Wildman–Crippen LogP) is 3.67. The molecule has 0 radical (unpaired) electrons. The Balaban J connectivity index is 1.40. The Morgan fingerprint density at radius 2 is 1.88 bits per heavy atom. The number of carbonyl (C=O) groups is 1. The molecule has 0 unspecified atom stereocenters. The van der Waals surface area contributed by atoms with E-state index >= 15 is 0 Å². The van der Waals surface area contributed by atoms with Crippen molar-refractivity contribution in [1.82, 2.24) is 14.5 Å². The van der Waals surface area contributed by atoms with Gasteiger partial charge >= 0.3 is 0 Å². The highest BCUT2D eigenvalue weighted by Gasteiger charge is 2.24. The molecule has 1 amide bonds.